The topological polar surface area (TPSA) is 0 Å². The predicted molar refractivity (Wildman–Crippen MR) is 52.1 cm³/mol. The quantitative estimate of drug-likeness (QED) is 0.526. The third-order valence-electron chi connectivity index (χ3n) is 1.14. The fraction of sp³-hybridized carbons (Fsp3) is 0.714. The lowest BCUT2D eigenvalue weighted by molar-refractivity contribution is 0.725. The van der Waals surface area contributed by atoms with Gasteiger partial charge in [0.25, 0.3) is 0 Å². The summed E-state index contributed by atoms with van der Waals surface area (Å²) in [6, 6.07) is 0. The van der Waals surface area contributed by atoms with Crippen LogP contribution in [0.4, 0.5) is 0 Å². The van der Waals surface area contributed by atoms with Crippen molar-refractivity contribution < 1.29 is 0 Å². The number of rotatable bonds is 4. The van der Waals surface area contributed by atoms with Crippen LogP contribution in [0, 0.1) is 0 Å². The van der Waals surface area contributed by atoms with Crippen molar-refractivity contribution in [3.05, 3.63) is 9.12 Å². The number of halogens is 2. The van der Waals surface area contributed by atoms with Crippen LogP contribution in [0.15, 0.2) is 9.12 Å². The molecule has 0 aliphatic carbocycles. The Morgan fingerprint density at radius 3 is 2.67 bits per heavy atom. The molecular weight excluding hydrogens is 246 g/mol. The molecule has 0 aliphatic rings. The minimum Gasteiger partial charge on any atom is -0.0887 e. The second-order valence-electron chi connectivity index (χ2n) is 2.01. The van der Waals surface area contributed by atoms with Crippen molar-refractivity contribution in [2.75, 3.05) is 0 Å². The Kier molecular flexibility index (Phi) is 7.45. The molecule has 0 amide bonds. The van der Waals surface area contributed by atoms with Crippen LogP contribution in [0.2, 0.25) is 0 Å². The van der Waals surface area contributed by atoms with Gasteiger partial charge in [0.1, 0.15) is 0 Å². The molecule has 0 atom stereocenters. The third-order valence-corrected chi connectivity index (χ3v) is 2.56. The molecule has 0 aromatic heterocycles. The van der Waals surface area contributed by atoms with Crippen molar-refractivity contribution in [1.29, 1.82) is 0 Å². The predicted octanol–water partition coefficient (Wildman–Crippen LogP) is 4.08. The smallest absolute Gasteiger partial charge is 0.0241 e. The van der Waals surface area contributed by atoms with Gasteiger partial charge in [0.05, 0.1) is 0 Å². The van der Waals surface area contributed by atoms with E-state index in [0.717, 1.165) is 11.5 Å². The monoisotopic (exact) mass is 258 g/mol. The van der Waals surface area contributed by atoms with E-state index >= 15 is 0 Å². The molecule has 0 saturated heterocycles. The highest BCUT2D eigenvalue weighted by Crippen LogP contribution is 2.14. The molecule has 0 spiro atoms. The van der Waals surface area contributed by atoms with Gasteiger partial charge in [0.15, 0.2) is 0 Å². The van der Waals surface area contributed by atoms with E-state index in [2.05, 4.69) is 29.5 Å². The van der Waals surface area contributed by atoms with E-state index in [4.69, 9.17) is 11.6 Å². The van der Waals surface area contributed by atoms with Gasteiger partial charge < -0.3 is 0 Å². The number of hydrogen-bond donors (Lipinski definition) is 0. The molecule has 0 bridgehead atoms. The molecule has 9 heavy (non-hydrogen) atoms. The summed E-state index contributed by atoms with van der Waals surface area (Å²) in [6.07, 6.45) is 4.85. The molecule has 0 radical (unpaired) electrons. The van der Waals surface area contributed by atoms with Gasteiger partial charge in [0.2, 0.25) is 0 Å². The molecule has 0 saturated carbocycles. The average molecular weight is 259 g/mol. The standard InChI is InChI=1S/C7H12ClI/c1-2-3-4-5-7(8)6-9/h6H,2-5H2,1H3. The summed E-state index contributed by atoms with van der Waals surface area (Å²) >= 11 is 7.93. The molecule has 0 heterocycles. The van der Waals surface area contributed by atoms with Crippen molar-refractivity contribution in [2.45, 2.75) is 32.6 Å². The zero-order valence-electron chi connectivity index (χ0n) is 5.66. The van der Waals surface area contributed by atoms with Crippen LogP contribution in [0.5, 0.6) is 0 Å². The summed E-state index contributed by atoms with van der Waals surface area (Å²) in [5.74, 6) is 0. The molecule has 0 aromatic carbocycles. The van der Waals surface area contributed by atoms with E-state index in [1.54, 1.807) is 0 Å². The van der Waals surface area contributed by atoms with Crippen LogP contribution in [0.1, 0.15) is 32.6 Å². The van der Waals surface area contributed by atoms with E-state index < -0.39 is 0 Å². The van der Waals surface area contributed by atoms with Gasteiger partial charge in [-0.3, -0.25) is 0 Å². The summed E-state index contributed by atoms with van der Waals surface area (Å²) in [4.78, 5) is 0. The van der Waals surface area contributed by atoms with Crippen LogP contribution in [-0.2, 0) is 0 Å². The molecule has 0 aromatic rings. The lowest BCUT2D eigenvalue weighted by atomic mass is 10.2. The van der Waals surface area contributed by atoms with Crippen LogP contribution in [-0.4, -0.2) is 0 Å². The summed E-state index contributed by atoms with van der Waals surface area (Å²) < 4.78 is 1.94. The van der Waals surface area contributed by atoms with E-state index in [0.29, 0.717) is 0 Å². The first-order chi connectivity index (χ1) is 4.31. The van der Waals surface area contributed by atoms with Gasteiger partial charge in [-0.1, -0.05) is 54.0 Å². The summed E-state index contributed by atoms with van der Waals surface area (Å²) in [5, 5.41) is 0.990. The lowest BCUT2D eigenvalue weighted by Crippen LogP contribution is -1.73. The van der Waals surface area contributed by atoms with Crippen LogP contribution in [0.3, 0.4) is 0 Å². The normalized spacial score (nSPS) is 12.1. The number of allylic oxidation sites excluding steroid dienone is 1. The molecule has 0 N–H and O–H groups in total. The Morgan fingerprint density at radius 2 is 2.22 bits per heavy atom. The minimum absolute atomic E-state index is 0.990. The van der Waals surface area contributed by atoms with E-state index in [1.807, 2.05) is 4.08 Å². The van der Waals surface area contributed by atoms with Crippen LogP contribution < -0.4 is 0 Å². The summed E-state index contributed by atoms with van der Waals surface area (Å²) in [7, 11) is 0. The maximum Gasteiger partial charge on any atom is 0.0241 e. The SMILES string of the molecule is CCCCCC(Cl)=CI. The second kappa shape index (κ2) is 6.87. The molecule has 2 heteroatoms. The van der Waals surface area contributed by atoms with E-state index in [-0.39, 0.29) is 0 Å². The Morgan fingerprint density at radius 1 is 1.56 bits per heavy atom. The fourth-order valence-electron chi connectivity index (χ4n) is 0.598. The highest BCUT2D eigenvalue weighted by molar-refractivity contribution is 14.1. The van der Waals surface area contributed by atoms with Gasteiger partial charge in [-0.25, -0.2) is 0 Å². The fourth-order valence-corrected chi connectivity index (χ4v) is 1.04. The number of unbranched alkanes of at least 4 members (excludes halogenated alkanes) is 2. The Labute approximate surface area is 75.8 Å². The zero-order valence-corrected chi connectivity index (χ0v) is 8.58. The highest BCUT2D eigenvalue weighted by Gasteiger charge is 1.89. The molecule has 0 nitrogen and oxygen atoms in total. The van der Waals surface area contributed by atoms with Crippen molar-refractivity contribution >= 4 is 34.2 Å². The first-order valence-electron chi connectivity index (χ1n) is 3.26. The van der Waals surface area contributed by atoms with Gasteiger partial charge in [0, 0.05) is 5.03 Å². The lowest BCUT2D eigenvalue weighted by Gasteiger charge is -1.94. The number of hydrogen-bond acceptors (Lipinski definition) is 0. The van der Waals surface area contributed by atoms with Crippen molar-refractivity contribution in [3.63, 3.8) is 0 Å². The first kappa shape index (κ1) is 9.76. The minimum atomic E-state index is 0.990. The van der Waals surface area contributed by atoms with Crippen molar-refractivity contribution in [3.8, 4) is 0 Å². The molecular formula is C7H12ClI. The van der Waals surface area contributed by atoms with Gasteiger partial charge in [-0.05, 0) is 16.9 Å². The van der Waals surface area contributed by atoms with Crippen molar-refractivity contribution in [1.82, 2.24) is 0 Å². The molecule has 0 fully saturated rings. The van der Waals surface area contributed by atoms with Crippen LogP contribution in [0.25, 0.3) is 0 Å². The largest absolute Gasteiger partial charge is 0.0887 e. The average Bonchev–Trinajstić information content (AvgIpc) is 1.89. The molecule has 0 rings (SSSR count). The van der Waals surface area contributed by atoms with Crippen LogP contribution >= 0.6 is 34.2 Å². The van der Waals surface area contributed by atoms with Gasteiger partial charge in [-0.2, -0.15) is 0 Å². The van der Waals surface area contributed by atoms with Gasteiger partial charge in [-0.15, -0.1) is 0 Å². The Balaban J connectivity index is 3.07. The van der Waals surface area contributed by atoms with Crippen molar-refractivity contribution in [2.24, 2.45) is 0 Å². The molecule has 54 valence electrons. The summed E-state index contributed by atoms with van der Waals surface area (Å²) in [6.45, 7) is 2.20. The Bertz CT molecular complexity index is 88.9. The van der Waals surface area contributed by atoms with E-state index in [9.17, 15) is 0 Å². The maximum absolute atomic E-state index is 5.75. The zero-order chi connectivity index (χ0) is 7.11. The maximum atomic E-state index is 5.75. The molecule has 0 unspecified atom stereocenters. The third kappa shape index (κ3) is 6.65. The Hall–Kier alpha value is 0.760. The van der Waals surface area contributed by atoms with E-state index in [1.165, 1.54) is 19.3 Å². The second-order valence-corrected chi connectivity index (χ2v) is 3.12. The first-order valence-corrected chi connectivity index (χ1v) is 4.88. The van der Waals surface area contributed by atoms with Gasteiger partial charge >= 0.3 is 0 Å². The summed E-state index contributed by atoms with van der Waals surface area (Å²) in [5.41, 5.74) is 0. The molecule has 0 aliphatic heterocycles. The highest BCUT2D eigenvalue weighted by atomic mass is 127.